The first-order chi connectivity index (χ1) is 9.86. The normalized spacial score (nSPS) is 17.8. The molecule has 1 aromatic carbocycles. The summed E-state index contributed by atoms with van der Waals surface area (Å²) in [5.74, 6) is -1.52. The van der Waals surface area contributed by atoms with Crippen molar-refractivity contribution in [2.75, 3.05) is 18.9 Å². The number of aryl methyl sites for hydroxylation is 1. The molecule has 21 heavy (non-hydrogen) atoms. The van der Waals surface area contributed by atoms with Crippen LogP contribution in [0.15, 0.2) is 22.7 Å². The number of hydrogen-bond acceptors (Lipinski definition) is 3. The average molecular weight is 354 g/mol. The molecule has 1 fully saturated rings. The Balaban J connectivity index is 1.92. The second-order valence-corrected chi connectivity index (χ2v) is 5.92. The van der Waals surface area contributed by atoms with Gasteiger partial charge in [-0.25, -0.2) is 0 Å². The van der Waals surface area contributed by atoms with Gasteiger partial charge in [0.2, 0.25) is 5.91 Å². The monoisotopic (exact) mass is 353 g/mol. The average Bonchev–Trinajstić information content (AvgIpc) is 2.72. The fraction of sp³-hybridized carbons (Fsp3) is 0.357. The molecule has 1 atom stereocenters. The van der Waals surface area contributed by atoms with Gasteiger partial charge in [-0.05, 0) is 24.6 Å². The number of likely N-dealkylation sites (N-methyl/N-ethyl adjacent to an activating group) is 1. The van der Waals surface area contributed by atoms with E-state index in [0.29, 0.717) is 12.2 Å². The van der Waals surface area contributed by atoms with Crippen molar-refractivity contribution in [3.05, 3.63) is 28.2 Å². The van der Waals surface area contributed by atoms with Gasteiger partial charge < -0.3 is 15.5 Å². The molecule has 6 nitrogen and oxygen atoms in total. The van der Waals surface area contributed by atoms with Crippen LogP contribution in [0.25, 0.3) is 0 Å². The van der Waals surface area contributed by atoms with Crippen molar-refractivity contribution in [3.63, 3.8) is 0 Å². The van der Waals surface area contributed by atoms with E-state index in [1.165, 1.54) is 4.90 Å². The van der Waals surface area contributed by atoms with Crippen molar-refractivity contribution < 1.29 is 14.4 Å². The highest BCUT2D eigenvalue weighted by atomic mass is 79.9. The Labute approximate surface area is 131 Å². The van der Waals surface area contributed by atoms with Crippen LogP contribution in [-0.2, 0) is 14.4 Å². The molecule has 1 aromatic rings. The summed E-state index contributed by atoms with van der Waals surface area (Å²) >= 11 is 3.36. The zero-order chi connectivity index (χ0) is 15.6. The molecule has 0 saturated carbocycles. The standard InChI is InChI=1S/C14H16BrN3O3/c1-8-3-4-9(5-11(8)15)16-13(20)14(21)17-10-6-12(19)18(2)7-10/h3-5,10H,6-7H2,1-2H3,(H,16,20)(H,17,21). The predicted octanol–water partition coefficient (Wildman–Crippen LogP) is 1.04. The molecule has 1 aliphatic rings. The number of halogens is 1. The Morgan fingerprint density at radius 2 is 2.05 bits per heavy atom. The summed E-state index contributed by atoms with van der Waals surface area (Å²) in [6.07, 6.45) is 0.228. The molecular weight excluding hydrogens is 338 g/mol. The van der Waals surface area contributed by atoms with Crippen LogP contribution in [0.5, 0.6) is 0 Å². The molecule has 1 saturated heterocycles. The smallest absolute Gasteiger partial charge is 0.313 e. The molecular formula is C14H16BrN3O3. The first kappa shape index (κ1) is 15.5. The van der Waals surface area contributed by atoms with Crippen LogP contribution in [0.1, 0.15) is 12.0 Å². The molecule has 0 radical (unpaired) electrons. The summed E-state index contributed by atoms with van der Waals surface area (Å²) < 4.78 is 0.851. The van der Waals surface area contributed by atoms with E-state index >= 15 is 0 Å². The van der Waals surface area contributed by atoms with Gasteiger partial charge in [0, 0.05) is 30.2 Å². The highest BCUT2D eigenvalue weighted by molar-refractivity contribution is 9.10. The van der Waals surface area contributed by atoms with Crippen LogP contribution in [-0.4, -0.2) is 42.3 Å². The second-order valence-electron chi connectivity index (χ2n) is 5.07. The van der Waals surface area contributed by atoms with Gasteiger partial charge in [0.1, 0.15) is 0 Å². The molecule has 2 N–H and O–H groups in total. The van der Waals surface area contributed by atoms with E-state index in [9.17, 15) is 14.4 Å². The lowest BCUT2D eigenvalue weighted by Crippen LogP contribution is -2.42. The first-order valence-electron chi connectivity index (χ1n) is 6.49. The minimum Gasteiger partial charge on any atom is -0.344 e. The number of carbonyl (C=O) groups excluding carboxylic acids is 3. The second kappa shape index (κ2) is 6.26. The van der Waals surface area contributed by atoms with Gasteiger partial charge >= 0.3 is 11.8 Å². The highest BCUT2D eigenvalue weighted by Crippen LogP contribution is 2.20. The Hall–Kier alpha value is -1.89. The Morgan fingerprint density at radius 3 is 2.62 bits per heavy atom. The topological polar surface area (TPSA) is 78.5 Å². The molecule has 0 spiro atoms. The summed E-state index contributed by atoms with van der Waals surface area (Å²) in [5, 5.41) is 5.09. The van der Waals surface area contributed by atoms with Crippen molar-refractivity contribution >= 4 is 39.3 Å². The zero-order valence-electron chi connectivity index (χ0n) is 11.8. The van der Waals surface area contributed by atoms with Gasteiger partial charge in [-0.3, -0.25) is 14.4 Å². The van der Waals surface area contributed by atoms with E-state index in [1.807, 2.05) is 13.0 Å². The summed E-state index contributed by atoms with van der Waals surface area (Å²) in [5.41, 5.74) is 1.57. The van der Waals surface area contributed by atoms with Crippen LogP contribution in [0, 0.1) is 6.92 Å². The van der Waals surface area contributed by atoms with Crippen molar-refractivity contribution in [3.8, 4) is 0 Å². The minimum absolute atomic E-state index is 0.0387. The lowest BCUT2D eigenvalue weighted by Gasteiger charge is -2.12. The highest BCUT2D eigenvalue weighted by Gasteiger charge is 2.29. The van der Waals surface area contributed by atoms with Gasteiger partial charge in [0.15, 0.2) is 0 Å². The molecule has 1 heterocycles. The van der Waals surface area contributed by atoms with E-state index in [-0.39, 0.29) is 18.4 Å². The van der Waals surface area contributed by atoms with E-state index in [4.69, 9.17) is 0 Å². The quantitative estimate of drug-likeness (QED) is 0.779. The van der Waals surface area contributed by atoms with Gasteiger partial charge in [-0.2, -0.15) is 0 Å². The van der Waals surface area contributed by atoms with Crippen molar-refractivity contribution in [1.29, 1.82) is 0 Å². The molecule has 0 bridgehead atoms. The summed E-state index contributed by atoms with van der Waals surface area (Å²) in [6, 6.07) is 4.97. The molecule has 1 unspecified atom stereocenters. The Morgan fingerprint density at radius 1 is 1.33 bits per heavy atom. The van der Waals surface area contributed by atoms with Crippen LogP contribution in [0.4, 0.5) is 5.69 Å². The number of hydrogen-bond donors (Lipinski definition) is 2. The summed E-state index contributed by atoms with van der Waals surface area (Å²) in [6.45, 7) is 2.35. The fourth-order valence-corrected chi connectivity index (χ4v) is 2.45. The third-order valence-corrected chi connectivity index (χ3v) is 4.17. The van der Waals surface area contributed by atoms with Gasteiger partial charge in [0.25, 0.3) is 0 Å². The van der Waals surface area contributed by atoms with Crippen LogP contribution in [0.2, 0.25) is 0 Å². The SMILES string of the molecule is Cc1ccc(NC(=O)C(=O)NC2CC(=O)N(C)C2)cc1Br. The molecule has 0 aromatic heterocycles. The molecule has 0 aliphatic carbocycles. The molecule has 3 amide bonds. The number of anilines is 1. The third kappa shape index (κ3) is 3.81. The summed E-state index contributed by atoms with van der Waals surface area (Å²) in [7, 11) is 1.67. The molecule has 2 rings (SSSR count). The summed E-state index contributed by atoms with van der Waals surface area (Å²) in [4.78, 5) is 36.5. The Kier molecular flexibility index (Phi) is 4.62. The number of benzene rings is 1. The number of likely N-dealkylation sites (tertiary alicyclic amines) is 1. The Bertz CT molecular complexity index is 603. The minimum atomic E-state index is -0.743. The lowest BCUT2D eigenvalue weighted by molar-refractivity contribution is -0.136. The largest absolute Gasteiger partial charge is 0.344 e. The van der Waals surface area contributed by atoms with Crippen LogP contribution < -0.4 is 10.6 Å². The maximum Gasteiger partial charge on any atom is 0.313 e. The third-order valence-electron chi connectivity index (χ3n) is 3.31. The predicted molar refractivity (Wildman–Crippen MR) is 81.7 cm³/mol. The van der Waals surface area contributed by atoms with E-state index < -0.39 is 11.8 Å². The van der Waals surface area contributed by atoms with Crippen LogP contribution >= 0.6 is 15.9 Å². The van der Waals surface area contributed by atoms with Crippen LogP contribution in [0.3, 0.4) is 0 Å². The van der Waals surface area contributed by atoms with Gasteiger partial charge in [-0.1, -0.05) is 22.0 Å². The van der Waals surface area contributed by atoms with E-state index in [0.717, 1.165) is 10.0 Å². The molecule has 112 valence electrons. The number of amides is 3. The number of carbonyl (C=O) groups is 3. The maximum atomic E-state index is 11.8. The van der Waals surface area contributed by atoms with Crippen molar-refractivity contribution in [1.82, 2.24) is 10.2 Å². The van der Waals surface area contributed by atoms with E-state index in [1.54, 1.807) is 19.2 Å². The van der Waals surface area contributed by atoms with Gasteiger partial charge in [0.05, 0.1) is 6.04 Å². The number of nitrogens with one attached hydrogen (secondary N) is 2. The first-order valence-corrected chi connectivity index (χ1v) is 7.28. The van der Waals surface area contributed by atoms with Crippen molar-refractivity contribution in [2.45, 2.75) is 19.4 Å². The molecule has 7 heteroatoms. The maximum absolute atomic E-state index is 11.8. The van der Waals surface area contributed by atoms with Gasteiger partial charge in [-0.15, -0.1) is 0 Å². The fourth-order valence-electron chi connectivity index (χ4n) is 2.07. The number of rotatable bonds is 2. The lowest BCUT2D eigenvalue weighted by atomic mass is 10.2. The zero-order valence-corrected chi connectivity index (χ0v) is 13.4. The molecule has 1 aliphatic heterocycles. The van der Waals surface area contributed by atoms with Crippen molar-refractivity contribution in [2.24, 2.45) is 0 Å². The van der Waals surface area contributed by atoms with E-state index in [2.05, 4.69) is 26.6 Å². The number of nitrogens with zero attached hydrogens (tertiary/aromatic N) is 1.